The molecule has 0 bridgehead atoms. The molecule has 0 unspecified atom stereocenters. The first-order chi connectivity index (χ1) is 18.2. The van der Waals surface area contributed by atoms with Crippen molar-refractivity contribution in [2.24, 2.45) is 5.16 Å². The average Bonchev–Trinajstić information content (AvgIpc) is 3.34. The lowest BCUT2D eigenvalue weighted by Crippen LogP contribution is -2.38. The zero-order valence-electron chi connectivity index (χ0n) is 22.2. The maximum Gasteiger partial charge on any atom is 0.278 e. The topological polar surface area (TPSA) is 112 Å². The second kappa shape index (κ2) is 11.9. The Bertz CT molecular complexity index is 1340. The van der Waals surface area contributed by atoms with Gasteiger partial charge >= 0.3 is 0 Å². The van der Waals surface area contributed by atoms with Gasteiger partial charge in [-0.2, -0.15) is 0 Å². The number of oxime groups is 1. The maximum atomic E-state index is 13.4. The molecule has 0 saturated carbocycles. The van der Waals surface area contributed by atoms with E-state index >= 15 is 0 Å². The van der Waals surface area contributed by atoms with Crippen molar-refractivity contribution < 1.29 is 24.3 Å². The van der Waals surface area contributed by atoms with Gasteiger partial charge in [-0.3, -0.25) is 14.5 Å². The van der Waals surface area contributed by atoms with Crippen molar-refractivity contribution in [2.45, 2.75) is 26.2 Å². The lowest BCUT2D eigenvalue weighted by atomic mass is 9.94. The van der Waals surface area contributed by atoms with E-state index in [0.717, 1.165) is 43.1 Å². The molecule has 2 amide bonds. The number of rotatable bonds is 8. The minimum Gasteiger partial charge on any atom is -0.492 e. The molecule has 0 spiro atoms. The molecular weight excluding hydrogens is 504 g/mol. The number of fused-ring (bicyclic) bond motifs is 1. The van der Waals surface area contributed by atoms with Gasteiger partial charge in [0, 0.05) is 42.5 Å². The molecule has 2 heterocycles. The number of carbonyl (C=O) groups is 2. The molecule has 4 rings (SSSR count). The van der Waals surface area contributed by atoms with Crippen molar-refractivity contribution >= 4 is 45.3 Å². The van der Waals surface area contributed by atoms with Gasteiger partial charge in [0.25, 0.3) is 11.8 Å². The zero-order valence-corrected chi connectivity index (χ0v) is 23.0. The van der Waals surface area contributed by atoms with Crippen LogP contribution in [0.25, 0.3) is 10.8 Å². The van der Waals surface area contributed by atoms with Crippen LogP contribution in [0.3, 0.4) is 0 Å². The van der Waals surface area contributed by atoms with E-state index in [1.807, 2.05) is 45.0 Å². The van der Waals surface area contributed by atoms with Crippen molar-refractivity contribution in [3.05, 3.63) is 57.8 Å². The Morgan fingerprint density at radius 3 is 2.50 bits per heavy atom. The molecule has 3 N–H and O–H groups in total. The summed E-state index contributed by atoms with van der Waals surface area (Å²) >= 11 is 1.32. The standard InChI is InChI=1S/C28H34N4O5S/c1-28(2,3)23-17-21(25(38-23)27(34)29-4)30-26(33)24(31-35)20-9-10-22(19-8-6-5-7-18(19)20)37-16-13-32-11-14-36-15-12-32/h5-10,17,35H,11-16H2,1-4H3,(H,29,34)(H,30,33)/b31-24-. The van der Waals surface area contributed by atoms with Crippen LogP contribution in [0.4, 0.5) is 5.69 Å². The molecule has 0 aliphatic carbocycles. The second-order valence-electron chi connectivity index (χ2n) is 10.0. The van der Waals surface area contributed by atoms with Crippen LogP contribution in [0.1, 0.15) is 40.9 Å². The molecule has 9 nitrogen and oxygen atoms in total. The Labute approximate surface area is 226 Å². The molecule has 1 aromatic heterocycles. The fourth-order valence-corrected chi connectivity index (χ4v) is 5.37. The monoisotopic (exact) mass is 538 g/mol. The van der Waals surface area contributed by atoms with Gasteiger partial charge in [-0.1, -0.05) is 50.2 Å². The molecule has 1 aliphatic heterocycles. The molecule has 0 radical (unpaired) electrons. The van der Waals surface area contributed by atoms with Crippen LogP contribution in [0.5, 0.6) is 5.75 Å². The molecule has 0 atom stereocenters. The Balaban J connectivity index is 1.58. The highest BCUT2D eigenvalue weighted by molar-refractivity contribution is 7.14. The van der Waals surface area contributed by atoms with Crippen molar-refractivity contribution in [1.82, 2.24) is 10.2 Å². The van der Waals surface area contributed by atoms with Gasteiger partial charge in [0.15, 0.2) is 5.71 Å². The van der Waals surface area contributed by atoms with Crippen molar-refractivity contribution in [1.29, 1.82) is 0 Å². The molecule has 202 valence electrons. The van der Waals surface area contributed by atoms with Crippen LogP contribution in [-0.4, -0.2) is 74.1 Å². The van der Waals surface area contributed by atoms with Crippen molar-refractivity contribution in [2.75, 3.05) is 51.8 Å². The molecule has 3 aromatic rings. The predicted molar refractivity (Wildman–Crippen MR) is 150 cm³/mol. The Kier molecular flexibility index (Phi) is 8.65. The molecule has 1 saturated heterocycles. The Morgan fingerprint density at radius 1 is 1.13 bits per heavy atom. The maximum absolute atomic E-state index is 13.4. The predicted octanol–water partition coefficient (Wildman–Crippen LogP) is 4.09. The SMILES string of the molecule is CNC(=O)c1sc(C(C)(C)C)cc1NC(=O)/C(=N\O)c1ccc(OCCN2CCOCC2)c2ccccc12. The summed E-state index contributed by atoms with van der Waals surface area (Å²) < 4.78 is 11.5. The van der Waals surface area contributed by atoms with Crippen LogP contribution in [0.15, 0.2) is 47.6 Å². The number of hydrogen-bond donors (Lipinski definition) is 3. The van der Waals surface area contributed by atoms with E-state index in [1.54, 1.807) is 25.2 Å². The van der Waals surface area contributed by atoms with E-state index in [-0.39, 0.29) is 17.0 Å². The third kappa shape index (κ3) is 6.15. The second-order valence-corrected chi connectivity index (χ2v) is 11.1. The number of carbonyl (C=O) groups excluding carboxylic acids is 2. The largest absolute Gasteiger partial charge is 0.492 e. The Hall–Kier alpha value is -3.47. The van der Waals surface area contributed by atoms with Gasteiger partial charge in [0.2, 0.25) is 0 Å². The number of benzene rings is 2. The smallest absolute Gasteiger partial charge is 0.278 e. The van der Waals surface area contributed by atoms with Gasteiger partial charge in [-0.15, -0.1) is 11.3 Å². The molecule has 1 aliphatic rings. The molecule has 38 heavy (non-hydrogen) atoms. The number of morpholine rings is 1. The van der Waals surface area contributed by atoms with E-state index < -0.39 is 5.91 Å². The molecule has 2 aromatic carbocycles. The number of hydrogen-bond acceptors (Lipinski definition) is 8. The van der Waals surface area contributed by atoms with Crippen molar-refractivity contribution in [3.63, 3.8) is 0 Å². The summed E-state index contributed by atoms with van der Waals surface area (Å²) in [6.45, 7) is 10.7. The van der Waals surface area contributed by atoms with E-state index in [2.05, 4.69) is 20.7 Å². The third-order valence-electron chi connectivity index (χ3n) is 6.38. The van der Waals surface area contributed by atoms with Crippen molar-refractivity contribution in [3.8, 4) is 5.75 Å². The first-order valence-corrected chi connectivity index (χ1v) is 13.4. The summed E-state index contributed by atoms with van der Waals surface area (Å²) in [4.78, 5) is 29.5. The van der Waals surface area contributed by atoms with Crippen LogP contribution in [0.2, 0.25) is 0 Å². The molecule has 1 fully saturated rings. The fraction of sp³-hybridized carbons (Fsp3) is 0.393. The number of thiophene rings is 1. The highest BCUT2D eigenvalue weighted by Gasteiger charge is 2.26. The van der Waals surface area contributed by atoms with Crippen LogP contribution in [-0.2, 0) is 14.9 Å². The minimum absolute atomic E-state index is 0.160. The summed E-state index contributed by atoms with van der Waals surface area (Å²) in [5.41, 5.74) is 0.456. The summed E-state index contributed by atoms with van der Waals surface area (Å²) in [6, 6.07) is 12.8. The number of amides is 2. The lowest BCUT2D eigenvalue weighted by molar-refractivity contribution is -0.110. The molecular formula is C28H34N4O5S. The summed E-state index contributed by atoms with van der Waals surface area (Å²) in [6.07, 6.45) is 0. The highest BCUT2D eigenvalue weighted by atomic mass is 32.1. The quantitative estimate of drug-likeness (QED) is 0.226. The van der Waals surface area contributed by atoms with E-state index in [9.17, 15) is 14.8 Å². The number of nitrogens with zero attached hydrogens (tertiary/aromatic N) is 2. The average molecular weight is 539 g/mol. The molecule has 10 heteroatoms. The fourth-order valence-electron chi connectivity index (χ4n) is 4.25. The van der Waals surface area contributed by atoms with Crippen LogP contribution >= 0.6 is 11.3 Å². The first-order valence-electron chi connectivity index (χ1n) is 12.6. The van der Waals surface area contributed by atoms with Crippen LogP contribution in [0, 0.1) is 0 Å². The summed E-state index contributed by atoms with van der Waals surface area (Å²) in [5.74, 6) is -0.237. The first kappa shape index (κ1) is 27.6. The van der Waals surface area contributed by atoms with E-state index in [4.69, 9.17) is 9.47 Å². The summed E-state index contributed by atoms with van der Waals surface area (Å²) in [5, 5.41) is 20.2. The van der Waals surface area contributed by atoms with Gasteiger partial charge in [0.1, 0.15) is 17.2 Å². The summed E-state index contributed by atoms with van der Waals surface area (Å²) in [7, 11) is 1.54. The van der Waals surface area contributed by atoms with E-state index in [1.165, 1.54) is 11.3 Å². The Morgan fingerprint density at radius 2 is 1.84 bits per heavy atom. The van der Waals surface area contributed by atoms with E-state index in [0.29, 0.717) is 33.9 Å². The van der Waals surface area contributed by atoms with Gasteiger partial charge in [-0.05, 0) is 29.0 Å². The number of nitrogens with one attached hydrogen (secondary N) is 2. The highest BCUT2D eigenvalue weighted by Crippen LogP contribution is 2.36. The zero-order chi connectivity index (χ0) is 27.3. The van der Waals surface area contributed by atoms with Gasteiger partial charge in [0.05, 0.1) is 18.9 Å². The number of anilines is 1. The van der Waals surface area contributed by atoms with Crippen LogP contribution < -0.4 is 15.4 Å². The third-order valence-corrected chi connectivity index (χ3v) is 7.94. The van der Waals surface area contributed by atoms with Gasteiger partial charge in [-0.25, -0.2) is 0 Å². The normalized spacial score (nSPS) is 14.9. The number of ether oxygens (including phenoxy) is 2. The lowest BCUT2D eigenvalue weighted by Gasteiger charge is -2.26. The van der Waals surface area contributed by atoms with Gasteiger partial charge < -0.3 is 25.3 Å². The minimum atomic E-state index is -0.623.